The van der Waals surface area contributed by atoms with E-state index in [1.165, 1.54) is 0 Å². The van der Waals surface area contributed by atoms with Crippen molar-refractivity contribution in [1.29, 1.82) is 0 Å². The van der Waals surface area contributed by atoms with E-state index in [4.69, 9.17) is 9.47 Å². The third kappa shape index (κ3) is 7.49. The Labute approximate surface area is 216 Å². The molecular weight excluding hydrogens is 516 g/mol. The van der Waals surface area contributed by atoms with Gasteiger partial charge in [0, 0.05) is 56.8 Å². The lowest BCUT2D eigenvalue weighted by atomic mass is 10.1. The molecule has 2 saturated heterocycles. The van der Waals surface area contributed by atoms with E-state index < -0.39 is 11.2 Å². The average molecular weight is 553 g/mol. The maximum atomic E-state index is 13.5. The minimum atomic E-state index is -0.552. The van der Waals surface area contributed by atoms with Crippen molar-refractivity contribution in [3.05, 3.63) is 28.2 Å². The Morgan fingerprint density at radius 1 is 0.714 bits per heavy atom. The normalized spacial score (nSPS) is 17.3. The molecule has 2 aliphatic heterocycles. The van der Waals surface area contributed by atoms with Crippen molar-refractivity contribution in [2.24, 2.45) is 0 Å². The van der Waals surface area contributed by atoms with Crippen molar-refractivity contribution in [2.75, 3.05) is 57.3 Å². The number of hydrogen-bond acceptors (Lipinski definition) is 6. The first kappa shape index (κ1) is 27.1. The largest absolute Gasteiger partial charge is 0.444 e. The van der Waals surface area contributed by atoms with Crippen LogP contribution in [0.2, 0.25) is 0 Å². The molecule has 0 unspecified atom stereocenters. The summed E-state index contributed by atoms with van der Waals surface area (Å²) in [5, 5.41) is 0. The van der Waals surface area contributed by atoms with Crippen LogP contribution < -0.4 is 4.90 Å². The van der Waals surface area contributed by atoms with Crippen LogP contribution in [0, 0.1) is 0 Å². The van der Waals surface area contributed by atoms with Crippen molar-refractivity contribution in [3.8, 4) is 0 Å². The standard InChI is InChI=1S/C25H37BrN4O5/c1-24(2,3)34-22(32)29-13-9-27(10-14-29)20-17-18(26)7-8-19(20)21(31)28-11-15-30(16-12-28)23(33)35-25(4,5)6/h7-8,17H,9-16H2,1-6H3. The van der Waals surface area contributed by atoms with Gasteiger partial charge in [-0.3, -0.25) is 4.79 Å². The Balaban J connectivity index is 1.65. The van der Waals surface area contributed by atoms with E-state index in [0.717, 1.165) is 10.2 Å². The van der Waals surface area contributed by atoms with Crippen LogP contribution in [0.25, 0.3) is 0 Å². The van der Waals surface area contributed by atoms with Crippen LogP contribution in [0.3, 0.4) is 0 Å². The van der Waals surface area contributed by atoms with Gasteiger partial charge in [-0.15, -0.1) is 0 Å². The van der Waals surface area contributed by atoms with E-state index in [-0.39, 0.29) is 18.1 Å². The molecule has 35 heavy (non-hydrogen) atoms. The van der Waals surface area contributed by atoms with Crippen molar-refractivity contribution in [2.45, 2.75) is 52.7 Å². The first-order valence-corrected chi connectivity index (χ1v) is 12.8. The maximum Gasteiger partial charge on any atom is 0.410 e. The van der Waals surface area contributed by atoms with Gasteiger partial charge in [-0.1, -0.05) is 15.9 Å². The highest BCUT2D eigenvalue weighted by Gasteiger charge is 2.31. The quantitative estimate of drug-likeness (QED) is 0.546. The summed E-state index contributed by atoms with van der Waals surface area (Å²) in [5.41, 5.74) is 0.363. The number of amides is 3. The highest BCUT2D eigenvalue weighted by Crippen LogP contribution is 2.28. The zero-order valence-electron chi connectivity index (χ0n) is 21.6. The fourth-order valence-corrected chi connectivity index (χ4v) is 4.34. The molecular formula is C25H37BrN4O5. The fraction of sp³-hybridized carbons (Fsp3) is 0.640. The zero-order valence-corrected chi connectivity index (χ0v) is 23.2. The number of halogens is 1. The summed E-state index contributed by atoms with van der Waals surface area (Å²) >= 11 is 3.53. The van der Waals surface area contributed by atoms with Gasteiger partial charge >= 0.3 is 12.2 Å². The third-order valence-electron chi connectivity index (χ3n) is 5.68. The summed E-state index contributed by atoms with van der Waals surface area (Å²) in [4.78, 5) is 45.5. The molecule has 3 rings (SSSR count). The van der Waals surface area contributed by atoms with Gasteiger partial charge in [0.1, 0.15) is 11.2 Å². The van der Waals surface area contributed by atoms with Crippen molar-refractivity contribution in [1.82, 2.24) is 14.7 Å². The SMILES string of the molecule is CC(C)(C)OC(=O)N1CCN(C(=O)c2ccc(Br)cc2N2CCN(C(=O)OC(C)(C)C)CC2)CC1. The van der Waals surface area contributed by atoms with Crippen LogP contribution in [0.5, 0.6) is 0 Å². The molecule has 2 fully saturated rings. The van der Waals surface area contributed by atoms with E-state index >= 15 is 0 Å². The molecule has 0 N–H and O–H groups in total. The summed E-state index contributed by atoms with van der Waals surface area (Å²) < 4.78 is 11.8. The second-order valence-corrected chi connectivity index (χ2v) is 11.8. The van der Waals surface area contributed by atoms with E-state index in [2.05, 4.69) is 20.8 Å². The molecule has 1 aromatic carbocycles. The highest BCUT2D eigenvalue weighted by atomic mass is 79.9. The number of carbonyl (C=O) groups is 3. The van der Waals surface area contributed by atoms with Crippen molar-refractivity contribution < 1.29 is 23.9 Å². The molecule has 0 aromatic heterocycles. The van der Waals surface area contributed by atoms with Crippen LogP contribution >= 0.6 is 15.9 Å². The molecule has 0 atom stereocenters. The smallest absolute Gasteiger partial charge is 0.410 e. The Hall–Kier alpha value is -2.49. The van der Waals surface area contributed by atoms with Crippen molar-refractivity contribution in [3.63, 3.8) is 0 Å². The summed E-state index contributed by atoms with van der Waals surface area (Å²) in [6.45, 7) is 15.1. The van der Waals surface area contributed by atoms with Crippen LogP contribution in [0.15, 0.2) is 22.7 Å². The van der Waals surface area contributed by atoms with Crippen LogP contribution in [-0.2, 0) is 9.47 Å². The predicted octanol–water partition coefficient (Wildman–Crippen LogP) is 4.20. The van der Waals surface area contributed by atoms with Gasteiger partial charge in [0.25, 0.3) is 5.91 Å². The van der Waals surface area contributed by atoms with Gasteiger partial charge in [0.2, 0.25) is 0 Å². The van der Waals surface area contributed by atoms with Gasteiger partial charge in [0.15, 0.2) is 0 Å². The number of carbonyl (C=O) groups excluding carboxylic acids is 3. The highest BCUT2D eigenvalue weighted by molar-refractivity contribution is 9.10. The van der Waals surface area contributed by atoms with Gasteiger partial charge in [-0.05, 0) is 59.7 Å². The summed E-state index contributed by atoms with van der Waals surface area (Å²) in [5.74, 6) is -0.0640. The van der Waals surface area contributed by atoms with E-state index in [1.807, 2.05) is 59.7 Å². The van der Waals surface area contributed by atoms with E-state index in [0.29, 0.717) is 57.9 Å². The molecule has 1 aromatic rings. The first-order chi connectivity index (χ1) is 16.2. The van der Waals surface area contributed by atoms with Gasteiger partial charge < -0.3 is 29.1 Å². The number of benzene rings is 1. The second-order valence-electron chi connectivity index (χ2n) is 10.9. The Morgan fingerprint density at radius 3 is 1.60 bits per heavy atom. The maximum absolute atomic E-state index is 13.5. The number of anilines is 1. The molecule has 10 heteroatoms. The number of rotatable bonds is 2. The first-order valence-electron chi connectivity index (χ1n) is 12.0. The predicted molar refractivity (Wildman–Crippen MR) is 138 cm³/mol. The summed E-state index contributed by atoms with van der Waals surface area (Å²) in [7, 11) is 0. The Kier molecular flexibility index (Phi) is 8.24. The average Bonchev–Trinajstić information content (AvgIpc) is 2.76. The lowest BCUT2D eigenvalue weighted by Crippen LogP contribution is -2.52. The van der Waals surface area contributed by atoms with Gasteiger partial charge in [0.05, 0.1) is 11.3 Å². The molecule has 2 aliphatic rings. The lowest BCUT2D eigenvalue weighted by Gasteiger charge is -2.38. The van der Waals surface area contributed by atoms with Crippen LogP contribution in [0.1, 0.15) is 51.9 Å². The fourth-order valence-electron chi connectivity index (χ4n) is 3.99. The van der Waals surface area contributed by atoms with Crippen LogP contribution in [0.4, 0.5) is 15.3 Å². The molecule has 2 heterocycles. The summed E-state index contributed by atoms with van der Waals surface area (Å²) in [6, 6.07) is 5.65. The van der Waals surface area contributed by atoms with E-state index in [1.54, 1.807) is 14.7 Å². The van der Waals surface area contributed by atoms with E-state index in [9.17, 15) is 14.4 Å². The van der Waals surface area contributed by atoms with Gasteiger partial charge in [-0.2, -0.15) is 0 Å². The molecule has 0 spiro atoms. The minimum Gasteiger partial charge on any atom is -0.444 e. The summed E-state index contributed by atoms with van der Waals surface area (Å²) in [6.07, 6.45) is -0.665. The molecule has 0 saturated carbocycles. The number of nitrogens with zero attached hydrogens (tertiary/aromatic N) is 4. The second kappa shape index (κ2) is 10.6. The number of hydrogen-bond donors (Lipinski definition) is 0. The third-order valence-corrected chi connectivity index (χ3v) is 6.17. The molecule has 0 bridgehead atoms. The number of ether oxygens (including phenoxy) is 2. The lowest BCUT2D eigenvalue weighted by molar-refractivity contribution is 0.0140. The molecule has 0 aliphatic carbocycles. The van der Waals surface area contributed by atoms with Crippen LogP contribution in [-0.4, -0.2) is 96.4 Å². The molecule has 0 radical (unpaired) electrons. The molecule has 194 valence electrons. The molecule has 9 nitrogen and oxygen atoms in total. The Morgan fingerprint density at radius 2 is 1.14 bits per heavy atom. The monoisotopic (exact) mass is 552 g/mol. The van der Waals surface area contributed by atoms with Gasteiger partial charge in [-0.25, -0.2) is 9.59 Å². The number of piperazine rings is 2. The zero-order chi connectivity index (χ0) is 26.0. The molecule has 3 amide bonds. The Bertz CT molecular complexity index is 940. The minimum absolute atomic E-state index is 0.0640. The van der Waals surface area contributed by atoms with Crippen molar-refractivity contribution >= 4 is 39.7 Å². The topological polar surface area (TPSA) is 82.6 Å².